The molecular formula is C27H34FN5O4. The van der Waals surface area contributed by atoms with E-state index in [1.165, 1.54) is 17.1 Å². The first-order valence-corrected chi connectivity index (χ1v) is 12.5. The standard InChI is InChI=1S/C27H34FN5O4/c1-19(2)25-26(35)31(12-13-37-18-21-10-7-11-22(28)14-21)16-23-32(25)24(34)17-30(3)33(23)27(36)29-15-20-8-5-4-6-9-20/h4-11,14,19,23,25H,12-13,15-18H2,1-3H3,(H,29,36)/t23-,25-/m0/s1. The molecule has 0 aliphatic carbocycles. The first kappa shape index (κ1) is 26.6. The van der Waals surface area contributed by atoms with Gasteiger partial charge in [0.1, 0.15) is 18.0 Å². The Kier molecular flexibility index (Phi) is 8.40. The minimum absolute atomic E-state index is 0.00248. The van der Waals surface area contributed by atoms with E-state index in [0.717, 1.165) is 5.56 Å². The molecule has 0 spiro atoms. The summed E-state index contributed by atoms with van der Waals surface area (Å²) in [5, 5.41) is 6.08. The van der Waals surface area contributed by atoms with Crippen LogP contribution in [0.3, 0.4) is 0 Å². The molecule has 2 aliphatic heterocycles. The van der Waals surface area contributed by atoms with E-state index in [9.17, 15) is 18.8 Å². The predicted molar refractivity (Wildman–Crippen MR) is 135 cm³/mol. The molecule has 2 aliphatic rings. The molecule has 0 aromatic heterocycles. The van der Waals surface area contributed by atoms with Crippen LogP contribution < -0.4 is 5.32 Å². The number of carbonyl (C=O) groups is 3. The van der Waals surface area contributed by atoms with E-state index in [0.29, 0.717) is 18.7 Å². The van der Waals surface area contributed by atoms with E-state index in [1.54, 1.807) is 34.0 Å². The number of hydrogen-bond donors (Lipinski definition) is 1. The van der Waals surface area contributed by atoms with Gasteiger partial charge in [0.25, 0.3) is 0 Å². The Bertz CT molecular complexity index is 1110. The largest absolute Gasteiger partial charge is 0.375 e. The number of likely N-dealkylation sites (N-methyl/N-ethyl adjacent to an activating group) is 1. The van der Waals surface area contributed by atoms with Crippen molar-refractivity contribution in [3.63, 3.8) is 0 Å². The van der Waals surface area contributed by atoms with Crippen LogP contribution in [0.5, 0.6) is 0 Å². The third-order valence-electron chi connectivity index (χ3n) is 6.66. The number of nitrogens with zero attached hydrogens (tertiary/aromatic N) is 4. The molecule has 4 rings (SSSR count). The highest BCUT2D eigenvalue weighted by atomic mass is 19.1. The minimum Gasteiger partial charge on any atom is -0.375 e. The second-order valence-corrected chi connectivity index (χ2v) is 9.74. The van der Waals surface area contributed by atoms with Crippen molar-refractivity contribution in [2.45, 2.75) is 39.2 Å². The molecule has 2 saturated heterocycles. The molecule has 4 amide bonds. The van der Waals surface area contributed by atoms with Crippen molar-refractivity contribution in [2.75, 3.05) is 33.3 Å². The molecule has 2 aromatic carbocycles. The van der Waals surface area contributed by atoms with E-state index in [-0.39, 0.29) is 55.9 Å². The number of benzene rings is 2. The topological polar surface area (TPSA) is 85.4 Å². The van der Waals surface area contributed by atoms with Gasteiger partial charge in [-0.3, -0.25) is 9.59 Å². The first-order valence-electron chi connectivity index (χ1n) is 12.5. The van der Waals surface area contributed by atoms with Crippen molar-refractivity contribution in [1.82, 2.24) is 25.1 Å². The van der Waals surface area contributed by atoms with Crippen molar-refractivity contribution in [3.8, 4) is 0 Å². The number of rotatable bonds is 8. The number of amides is 4. The normalized spacial score (nSPS) is 20.4. The summed E-state index contributed by atoms with van der Waals surface area (Å²) in [6, 6.07) is 14.7. The fourth-order valence-corrected chi connectivity index (χ4v) is 4.91. The van der Waals surface area contributed by atoms with Crippen molar-refractivity contribution in [2.24, 2.45) is 5.92 Å². The number of piperazine rings is 1. The number of hydrazine groups is 1. The fraction of sp³-hybridized carbons (Fsp3) is 0.444. The fourth-order valence-electron chi connectivity index (χ4n) is 4.91. The number of hydrogen-bond acceptors (Lipinski definition) is 5. The summed E-state index contributed by atoms with van der Waals surface area (Å²) < 4.78 is 19.1. The molecule has 0 saturated carbocycles. The summed E-state index contributed by atoms with van der Waals surface area (Å²) in [6.45, 7) is 5.06. The summed E-state index contributed by atoms with van der Waals surface area (Å²) in [4.78, 5) is 43.1. The molecule has 0 unspecified atom stereocenters. The van der Waals surface area contributed by atoms with Gasteiger partial charge in [0.05, 0.1) is 26.3 Å². The molecule has 1 N–H and O–H groups in total. The van der Waals surface area contributed by atoms with Crippen LogP contribution in [0.15, 0.2) is 54.6 Å². The van der Waals surface area contributed by atoms with Gasteiger partial charge >= 0.3 is 6.03 Å². The Morgan fingerprint density at radius 2 is 1.84 bits per heavy atom. The lowest BCUT2D eigenvalue weighted by atomic mass is 9.96. The smallest absolute Gasteiger partial charge is 0.334 e. The molecule has 2 heterocycles. The molecule has 2 atom stereocenters. The molecule has 10 heteroatoms. The number of nitrogens with one attached hydrogen (secondary N) is 1. The second kappa shape index (κ2) is 11.7. The van der Waals surface area contributed by atoms with E-state index in [1.807, 2.05) is 44.2 Å². The van der Waals surface area contributed by atoms with Crippen LogP contribution in [0.1, 0.15) is 25.0 Å². The van der Waals surface area contributed by atoms with Crippen LogP contribution in [0.4, 0.5) is 9.18 Å². The summed E-state index contributed by atoms with van der Waals surface area (Å²) in [6.07, 6.45) is -0.643. The number of carbonyl (C=O) groups excluding carboxylic acids is 3. The Labute approximate surface area is 216 Å². The molecule has 37 heavy (non-hydrogen) atoms. The number of ether oxygens (including phenoxy) is 1. The van der Waals surface area contributed by atoms with Crippen LogP contribution in [0.2, 0.25) is 0 Å². The zero-order valence-corrected chi connectivity index (χ0v) is 21.5. The summed E-state index contributed by atoms with van der Waals surface area (Å²) in [5.74, 6) is -0.826. The highest BCUT2D eigenvalue weighted by molar-refractivity contribution is 5.91. The van der Waals surface area contributed by atoms with Crippen molar-refractivity contribution in [3.05, 3.63) is 71.5 Å². The molecule has 2 fully saturated rings. The van der Waals surface area contributed by atoms with Crippen LogP contribution >= 0.6 is 0 Å². The molecule has 2 aromatic rings. The van der Waals surface area contributed by atoms with Gasteiger partial charge in [0.15, 0.2) is 0 Å². The molecule has 198 valence electrons. The maximum Gasteiger partial charge on any atom is 0.334 e. The molecule has 0 radical (unpaired) electrons. The molecule has 0 bridgehead atoms. The maximum absolute atomic E-state index is 13.4. The van der Waals surface area contributed by atoms with Crippen LogP contribution in [0.25, 0.3) is 0 Å². The molecular weight excluding hydrogens is 477 g/mol. The lowest BCUT2D eigenvalue weighted by Gasteiger charge is -2.55. The SMILES string of the molecule is CC(C)[C@H]1C(=O)N(CCOCc2cccc(F)c2)C[C@H]2N1C(=O)CN(C)N2C(=O)NCc1ccccc1. The zero-order valence-electron chi connectivity index (χ0n) is 21.5. The zero-order chi connectivity index (χ0) is 26.5. The summed E-state index contributed by atoms with van der Waals surface area (Å²) in [7, 11) is 1.70. The lowest BCUT2D eigenvalue weighted by Crippen LogP contribution is -2.76. The van der Waals surface area contributed by atoms with Gasteiger partial charge < -0.3 is 19.9 Å². The van der Waals surface area contributed by atoms with Crippen molar-refractivity contribution < 1.29 is 23.5 Å². The second-order valence-electron chi connectivity index (χ2n) is 9.74. The quantitative estimate of drug-likeness (QED) is 0.551. The number of fused-ring (bicyclic) bond motifs is 1. The van der Waals surface area contributed by atoms with Crippen LogP contribution in [-0.2, 0) is 27.5 Å². The average molecular weight is 512 g/mol. The van der Waals surface area contributed by atoms with Crippen LogP contribution in [-0.4, -0.2) is 83.2 Å². The minimum atomic E-state index is -0.687. The Balaban J connectivity index is 1.47. The van der Waals surface area contributed by atoms with Gasteiger partial charge in [-0.2, -0.15) is 0 Å². The number of halogens is 1. The number of urea groups is 1. The Morgan fingerprint density at radius 1 is 1.11 bits per heavy atom. The van der Waals surface area contributed by atoms with Gasteiger partial charge in [0.2, 0.25) is 11.8 Å². The van der Waals surface area contributed by atoms with Gasteiger partial charge in [-0.1, -0.05) is 56.3 Å². The Hall–Kier alpha value is -3.50. The maximum atomic E-state index is 13.4. The summed E-state index contributed by atoms with van der Waals surface area (Å²) in [5.41, 5.74) is 1.66. The van der Waals surface area contributed by atoms with E-state index in [4.69, 9.17) is 4.74 Å². The first-order chi connectivity index (χ1) is 17.8. The average Bonchev–Trinajstić information content (AvgIpc) is 2.86. The Morgan fingerprint density at radius 3 is 2.54 bits per heavy atom. The third-order valence-corrected chi connectivity index (χ3v) is 6.66. The highest BCUT2D eigenvalue weighted by Crippen LogP contribution is 2.29. The van der Waals surface area contributed by atoms with Gasteiger partial charge in [0, 0.05) is 20.1 Å². The third kappa shape index (κ3) is 6.08. The van der Waals surface area contributed by atoms with Crippen molar-refractivity contribution >= 4 is 17.8 Å². The van der Waals surface area contributed by atoms with Crippen LogP contribution in [0, 0.1) is 11.7 Å². The monoisotopic (exact) mass is 511 g/mol. The summed E-state index contributed by atoms with van der Waals surface area (Å²) >= 11 is 0. The van der Waals surface area contributed by atoms with E-state index in [2.05, 4.69) is 5.32 Å². The van der Waals surface area contributed by atoms with E-state index >= 15 is 0 Å². The van der Waals surface area contributed by atoms with Gasteiger partial charge in [-0.05, 0) is 29.2 Å². The highest BCUT2D eigenvalue weighted by Gasteiger charge is 2.51. The van der Waals surface area contributed by atoms with E-state index < -0.39 is 12.2 Å². The van der Waals surface area contributed by atoms with Crippen molar-refractivity contribution in [1.29, 1.82) is 0 Å². The molecule has 9 nitrogen and oxygen atoms in total. The van der Waals surface area contributed by atoms with Gasteiger partial charge in [-0.25, -0.2) is 19.2 Å². The lowest BCUT2D eigenvalue weighted by molar-refractivity contribution is -0.190. The van der Waals surface area contributed by atoms with Gasteiger partial charge in [-0.15, -0.1) is 0 Å². The predicted octanol–water partition coefficient (Wildman–Crippen LogP) is 2.44.